The van der Waals surface area contributed by atoms with E-state index < -0.39 is 6.03 Å². The van der Waals surface area contributed by atoms with Crippen molar-refractivity contribution in [3.8, 4) is 5.69 Å². The Morgan fingerprint density at radius 2 is 2.33 bits per heavy atom. The lowest BCUT2D eigenvalue weighted by atomic mass is 10.2. The molecule has 0 fully saturated rings. The average Bonchev–Trinajstić information content (AvgIpc) is 2.78. The van der Waals surface area contributed by atoms with Gasteiger partial charge in [-0.3, -0.25) is 0 Å². The van der Waals surface area contributed by atoms with Crippen molar-refractivity contribution >= 4 is 6.03 Å². The number of nitrogens with one attached hydrogen (secondary N) is 1. The Morgan fingerprint density at radius 3 is 3.00 bits per heavy atom. The maximum atomic E-state index is 13.5. The molecule has 0 aliphatic carbocycles. The monoisotopic (exact) mass is 248 g/mol. The number of benzene rings is 1. The Morgan fingerprint density at radius 1 is 1.56 bits per heavy atom. The van der Waals surface area contributed by atoms with Gasteiger partial charge in [-0.2, -0.15) is 0 Å². The second kappa shape index (κ2) is 4.87. The van der Waals surface area contributed by atoms with Crippen LogP contribution in [0.5, 0.6) is 0 Å². The number of hydrogen-bond donors (Lipinski definition) is 2. The van der Waals surface area contributed by atoms with Gasteiger partial charge >= 0.3 is 6.03 Å². The van der Waals surface area contributed by atoms with Crippen molar-refractivity contribution in [1.29, 1.82) is 0 Å². The number of carbonyl (C=O) groups excluding carboxylic acids is 1. The molecule has 0 aliphatic heterocycles. The Labute approximate surface area is 103 Å². The van der Waals surface area contributed by atoms with E-state index in [1.54, 1.807) is 36.0 Å². The van der Waals surface area contributed by atoms with Gasteiger partial charge in [0.1, 0.15) is 11.6 Å². The highest BCUT2D eigenvalue weighted by atomic mass is 19.1. The standard InChI is InChI=1S/C12H13FN4O/c1-8-2-3-9(6-10(8)13)17-5-4-15-11(17)7-16-12(14)18/h2-6H,7H2,1H3,(H3,14,16,18). The number of urea groups is 1. The molecule has 2 rings (SSSR count). The van der Waals surface area contributed by atoms with Crippen LogP contribution in [0.4, 0.5) is 9.18 Å². The summed E-state index contributed by atoms with van der Waals surface area (Å²) in [5.74, 6) is 0.298. The fourth-order valence-electron chi connectivity index (χ4n) is 1.60. The van der Waals surface area contributed by atoms with Gasteiger partial charge in [0.25, 0.3) is 0 Å². The third kappa shape index (κ3) is 2.48. The summed E-state index contributed by atoms with van der Waals surface area (Å²) in [6.07, 6.45) is 3.28. The molecular formula is C12H13FN4O. The summed E-state index contributed by atoms with van der Waals surface area (Å²) in [6, 6.07) is 4.27. The number of hydrogen-bond acceptors (Lipinski definition) is 2. The summed E-state index contributed by atoms with van der Waals surface area (Å²) < 4.78 is 15.2. The zero-order chi connectivity index (χ0) is 13.1. The minimum atomic E-state index is -0.625. The second-order valence-electron chi connectivity index (χ2n) is 3.86. The number of aryl methyl sites for hydroxylation is 1. The number of carbonyl (C=O) groups is 1. The molecular weight excluding hydrogens is 235 g/mol. The third-order valence-corrected chi connectivity index (χ3v) is 2.57. The van der Waals surface area contributed by atoms with Crippen molar-refractivity contribution in [3.63, 3.8) is 0 Å². The average molecular weight is 248 g/mol. The first-order valence-electron chi connectivity index (χ1n) is 5.40. The molecule has 0 aliphatic rings. The lowest BCUT2D eigenvalue weighted by molar-refractivity contribution is 0.248. The maximum Gasteiger partial charge on any atom is 0.312 e. The highest BCUT2D eigenvalue weighted by Gasteiger charge is 2.07. The quantitative estimate of drug-likeness (QED) is 0.863. The number of halogens is 1. The van der Waals surface area contributed by atoms with E-state index in [2.05, 4.69) is 10.3 Å². The highest BCUT2D eigenvalue weighted by Crippen LogP contribution is 2.15. The molecule has 1 aromatic carbocycles. The first-order chi connectivity index (χ1) is 8.58. The zero-order valence-corrected chi connectivity index (χ0v) is 9.85. The van der Waals surface area contributed by atoms with E-state index >= 15 is 0 Å². The second-order valence-corrected chi connectivity index (χ2v) is 3.86. The molecule has 6 heteroatoms. The number of nitrogens with zero attached hydrogens (tertiary/aromatic N) is 2. The van der Waals surface area contributed by atoms with Gasteiger partial charge in [0.15, 0.2) is 0 Å². The van der Waals surface area contributed by atoms with Gasteiger partial charge in [0, 0.05) is 18.1 Å². The molecule has 0 atom stereocenters. The van der Waals surface area contributed by atoms with Gasteiger partial charge in [0.2, 0.25) is 0 Å². The van der Waals surface area contributed by atoms with E-state index in [-0.39, 0.29) is 12.4 Å². The van der Waals surface area contributed by atoms with Crippen molar-refractivity contribution in [3.05, 3.63) is 47.8 Å². The van der Waals surface area contributed by atoms with E-state index in [1.807, 2.05) is 0 Å². The van der Waals surface area contributed by atoms with Gasteiger partial charge in [-0.25, -0.2) is 14.2 Å². The molecule has 18 heavy (non-hydrogen) atoms. The molecule has 2 aromatic rings. The van der Waals surface area contributed by atoms with E-state index in [9.17, 15) is 9.18 Å². The Balaban J connectivity index is 2.30. The van der Waals surface area contributed by atoms with Crippen molar-refractivity contribution < 1.29 is 9.18 Å². The summed E-state index contributed by atoms with van der Waals surface area (Å²) in [4.78, 5) is 14.7. The van der Waals surface area contributed by atoms with Crippen molar-refractivity contribution in [2.24, 2.45) is 5.73 Å². The molecule has 1 aromatic heterocycles. The molecule has 0 spiro atoms. The molecule has 3 N–H and O–H groups in total. The van der Waals surface area contributed by atoms with Crippen molar-refractivity contribution in [2.45, 2.75) is 13.5 Å². The predicted octanol–water partition coefficient (Wildman–Crippen LogP) is 1.49. The molecule has 0 saturated heterocycles. The normalized spacial score (nSPS) is 10.3. The molecule has 94 valence electrons. The smallest absolute Gasteiger partial charge is 0.312 e. The summed E-state index contributed by atoms with van der Waals surface area (Å²) >= 11 is 0. The van der Waals surface area contributed by atoms with Gasteiger partial charge < -0.3 is 15.6 Å². The summed E-state index contributed by atoms with van der Waals surface area (Å²) in [5.41, 5.74) is 6.22. The molecule has 0 unspecified atom stereocenters. The number of aromatic nitrogens is 2. The predicted molar refractivity (Wildman–Crippen MR) is 64.7 cm³/mol. The number of nitrogens with two attached hydrogens (primary N) is 1. The van der Waals surface area contributed by atoms with Gasteiger partial charge in [-0.05, 0) is 24.6 Å². The number of imidazole rings is 1. The van der Waals surface area contributed by atoms with Crippen molar-refractivity contribution in [1.82, 2.24) is 14.9 Å². The molecule has 5 nitrogen and oxygen atoms in total. The van der Waals surface area contributed by atoms with Crippen LogP contribution in [-0.2, 0) is 6.54 Å². The van der Waals surface area contributed by atoms with Crippen LogP contribution in [0, 0.1) is 12.7 Å². The van der Waals surface area contributed by atoms with Gasteiger partial charge in [-0.15, -0.1) is 0 Å². The number of amides is 2. The van der Waals surface area contributed by atoms with Crippen LogP contribution in [0.1, 0.15) is 11.4 Å². The molecule has 0 saturated carbocycles. The Kier molecular flexibility index (Phi) is 3.27. The van der Waals surface area contributed by atoms with Gasteiger partial charge in [-0.1, -0.05) is 6.07 Å². The molecule has 0 radical (unpaired) electrons. The fraction of sp³-hybridized carbons (Fsp3) is 0.167. The minimum Gasteiger partial charge on any atom is -0.352 e. The lowest BCUT2D eigenvalue weighted by Crippen LogP contribution is -2.29. The first kappa shape index (κ1) is 12.1. The summed E-state index contributed by atoms with van der Waals surface area (Å²) in [5, 5.41) is 2.45. The van der Waals surface area contributed by atoms with E-state index in [1.165, 1.54) is 6.07 Å². The summed E-state index contributed by atoms with van der Waals surface area (Å²) in [7, 11) is 0. The fourth-order valence-corrected chi connectivity index (χ4v) is 1.60. The van der Waals surface area contributed by atoms with Crippen LogP contribution >= 0.6 is 0 Å². The maximum absolute atomic E-state index is 13.5. The SMILES string of the molecule is Cc1ccc(-n2ccnc2CNC(N)=O)cc1F. The molecule has 2 amide bonds. The van der Waals surface area contributed by atoms with Gasteiger partial charge in [0.05, 0.1) is 6.54 Å². The Bertz CT molecular complexity index is 579. The van der Waals surface area contributed by atoms with Crippen LogP contribution in [-0.4, -0.2) is 15.6 Å². The van der Waals surface area contributed by atoms with E-state index in [4.69, 9.17) is 5.73 Å². The largest absolute Gasteiger partial charge is 0.352 e. The van der Waals surface area contributed by atoms with Crippen LogP contribution in [0.2, 0.25) is 0 Å². The zero-order valence-electron chi connectivity index (χ0n) is 9.85. The highest BCUT2D eigenvalue weighted by molar-refractivity contribution is 5.71. The number of primary amides is 1. The van der Waals surface area contributed by atoms with Crippen LogP contribution in [0.15, 0.2) is 30.6 Å². The molecule has 0 bridgehead atoms. The third-order valence-electron chi connectivity index (χ3n) is 2.57. The molecule has 1 heterocycles. The minimum absolute atomic E-state index is 0.192. The van der Waals surface area contributed by atoms with Crippen LogP contribution < -0.4 is 11.1 Å². The van der Waals surface area contributed by atoms with Crippen molar-refractivity contribution in [2.75, 3.05) is 0 Å². The van der Waals surface area contributed by atoms with Crippen LogP contribution in [0.25, 0.3) is 5.69 Å². The first-order valence-corrected chi connectivity index (χ1v) is 5.40. The topological polar surface area (TPSA) is 72.9 Å². The Hall–Kier alpha value is -2.37. The lowest BCUT2D eigenvalue weighted by Gasteiger charge is -2.09. The van der Waals surface area contributed by atoms with E-state index in [0.29, 0.717) is 17.1 Å². The van der Waals surface area contributed by atoms with Crippen LogP contribution in [0.3, 0.4) is 0 Å². The van der Waals surface area contributed by atoms with E-state index in [0.717, 1.165) is 0 Å². The number of rotatable bonds is 3. The summed E-state index contributed by atoms with van der Waals surface area (Å²) in [6.45, 7) is 1.89.